The molecule has 4 rings (SSSR count). The van der Waals surface area contributed by atoms with Crippen molar-refractivity contribution in [3.8, 4) is 5.75 Å². The molecule has 0 N–H and O–H groups in total. The highest BCUT2D eigenvalue weighted by Crippen LogP contribution is 2.34. The molecule has 0 saturated carbocycles. The summed E-state index contributed by atoms with van der Waals surface area (Å²) in [7, 11) is 0. The van der Waals surface area contributed by atoms with E-state index in [2.05, 4.69) is 4.99 Å². The normalized spacial score (nSPS) is 15.2. The second kappa shape index (κ2) is 11.8. The minimum absolute atomic E-state index is 0.186. The van der Waals surface area contributed by atoms with Gasteiger partial charge in [-0.1, -0.05) is 53.3 Å². The maximum atomic E-state index is 13.7. The number of hydrogen-bond donors (Lipinski definition) is 0. The van der Waals surface area contributed by atoms with Crippen LogP contribution in [0.5, 0.6) is 5.75 Å². The van der Waals surface area contributed by atoms with Crippen molar-refractivity contribution in [3.63, 3.8) is 0 Å². The zero-order valence-corrected chi connectivity index (χ0v) is 23.0. The molecule has 198 valence electrons. The van der Waals surface area contributed by atoms with E-state index in [1.54, 1.807) is 76.2 Å². The van der Waals surface area contributed by atoms with Crippen LogP contribution in [0.2, 0.25) is 5.02 Å². The smallest absolute Gasteiger partial charge is 0.344 e. The number of allylic oxidation sites excluding steroid dienone is 1. The van der Waals surface area contributed by atoms with Gasteiger partial charge in [-0.3, -0.25) is 9.36 Å². The summed E-state index contributed by atoms with van der Waals surface area (Å²) >= 11 is 7.77. The van der Waals surface area contributed by atoms with Crippen LogP contribution in [0.3, 0.4) is 0 Å². The summed E-state index contributed by atoms with van der Waals surface area (Å²) in [5.74, 6) is -0.490. The Kier molecular flexibility index (Phi) is 8.48. The molecule has 0 aliphatic carbocycles. The fourth-order valence-corrected chi connectivity index (χ4v) is 5.29. The minimum atomic E-state index is -0.785. The monoisotopic (exact) mass is 554 g/mol. The number of carbonyl (C=O) groups is 2. The number of thiazole rings is 1. The van der Waals surface area contributed by atoms with Crippen LogP contribution >= 0.6 is 22.9 Å². The number of benzene rings is 2. The predicted octanol–water partition coefficient (Wildman–Crippen LogP) is 3.78. The molecular formula is C28H27ClN2O6S. The first-order chi connectivity index (χ1) is 18.2. The van der Waals surface area contributed by atoms with Gasteiger partial charge in [-0.05, 0) is 63.1 Å². The Bertz CT molecular complexity index is 1570. The SMILES string of the molecule is CCOC(=O)COc1ccc(C=c2sc3n(c2=O)C(c2ccccc2Cl)C(C(=O)OC(C)C)=C(C)N=3)cc1. The number of ether oxygens (including phenoxy) is 3. The van der Waals surface area contributed by atoms with Gasteiger partial charge in [-0.15, -0.1) is 0 Å². The highest BCUT2D eigenvalue weighted by molar-refractivity contribution is 7.07. The van der Waals surface area contributed by atoms with E-state index in [1.165, 1.54) is 15.9 Å². The zero-order chi connectivity index (χ0) is 27.4. The lowest BCUT2D eigenvalue weighted by Gasteiger charge is -2.26. The van der Waals surface area contributed by atoms with Crippen LogP contribution in [0, 0.1) is 0 Å². The van der Waals surface area contributed by atoms with E-state index in [4.69, 9.17) is 25.8 Å². The molecule has 8 nitrogen and oxygen atoms in total. The molecule has 38 heavy (non-hydrogen) atoms. The molecule has 0 spiro atoms. The Labute approximate surface area is 228 Å². The van der Waals surface area contributed by atoms with Crippen molar-refractivity contribution in [2.24, 2.45) is 4.99 Å². The Morgan fingerprint density at radius 1 is 1.16 bits per heavy atom. The topological polar surface area (TPSA) is 96.2 Å². The zero-order valence-electron chi connectivity index (χ0n) is 21.4. The molecule has 1 atom stereocenters. The summed E-state index contributed by atoms with van der Waals surface area (Å²) in [5.41, 5.74) is 1.80. The summed E-state index contributed by atoms with van der Waals surface area (Å²) in [6.45, 7) is 7.09. The van der Waals surface area contributed by atoms with Gasteiger partial charge in [-0.25, -0.2) is 14.6 Å². The maximum Gasteiger partial charge on any atom is 0.344 e. The van der Waals surface area contributed by atoms with Crippen LogP contribution in [-0.2, 0) is 19.1 Å². The number of rotatable bonds is 8. The number of halogens is 1. The molecule has 10 heteroatoms. The van der Waals surface area contributed by atoms with Crippen molar-refractivity contribution in [3.05, 3.63) is 95.6 Å². The number of aromatic nitrogens is 1. The molecule has 0 radical (unpaired) electrons. The summed E-state index contributed by atoms with van der Waals surface area (Å²) < 4.78 is 17.7. The third-order valence-electron chi connectivity index (χ3n) is 5.62. The van der Waals surface area contributed by atoms with Gasteiger partial charge < -0.3 is 14.2 Å². The largest absolute Gasteiger partial charge is 0.482 e. The van der Waals surface area contributed by atoms with Gasteiger partial charge in [-0.2, -0.15) is 0 Å². The Morgan fingerprint density at radius 2 is 1.87 bits per heavy atom. The lowest BCUT2D eigenvalue weighted by Crippen LogP contribution is -2.40. The van der Waals surface area contributed by atoms with Gasteiger partial charge in [0, 0.05) is 5.02 Å². The first-order valence-electron chi connectivity index (χ1n) is 12.1. The molecular weight excluding hydrogens is 528 g/mol. The van der Waals surface area contributed by atoms with Crippen LogP contribution in [0.15, 0.2) is 69.6 Å². The first kappa shape index (κ1) is 27.3. The average Bonchev–Trinajstić information content (AvgIpc) is 3.17. The molecule has 1 aromatic heterocycles. The number of carbonyl (C=O) groups excluding carboxylic acids is 2. The highest BCUT2D eigenvalue weighted by Gasteiger charge is 2.34. The van der Waals surface area contributed by atoms with E-state index >= 15 is 0 Å². The molecule has 2 aromatic carbocycles. The number of hydrogen-bond acceptors (Lipinski definition) is 8. The summed E-state index contributed by atoms with van der Waals surface area (Å²) in [4.78, 5) is 43.4. The van der Waals surface area contributed by atoms with Gasteiger partial charge in [0.2, 0.25) is 0 Å². The van der Waals surface area contributed by atoms with Gasteiger partial charge in [0.25, 0.3) is 5.56 Å². The van der Waals surface area contributed by atoms with Crippen LogP contribution in [0.4, 0.5) is 0 Å². The summed E-state index contributed by atoms with van der Waals surface area (Å²) in [6, 6.07) is 13.3. The third-order valence-corrected chi connectivity index (χ3v) is 6.95. The number of fused-ring (bicyclic) bond motifs is 1. The number of esters is 2. The lowest BCUT2D eigenvalue weighted by molar-refractivity contribution is -0.145. The Balaban J connectivity index is 1.75. The van der Waals surface area contributed by atoms with E-state index in [9.17, 15) is 14.4 Å². The van der Waals surface area contributed by atoms with Crippen molar-refractivity contribution in [1.29, 1.82) is 0 Å². The predicted molar refractivity (Wildman–Crippen MR) is 145 cm³/mol. The van der Waals surface area contributed by atoms with Crippen LogP contribution in [-0.4, -0.2) is 35.8 Å². The third kappa shape index (κ3) is 5.89. The maximum absolute atomic E-state index is 13.7. The van der Waals surface area contributed by atoms with E-state index in [-0.39, 0.29) is 30.5 Å². The number of nitrogens with zero attached hydrogens (tertiary/aromatic N) is 2. The first-order valence-corrected chi connectivity index (χ1v) is 13.3. The Hall–Kier alpha value is -3.69. The molecule has 1 aliphatic heterocycles. The summed E-state index contributed by atoms with van der Waals surface area (Å²) in [6.07, 6.45) is 1.40. The average molecular weight is 555 g/mol. The van der Waals surface area contributed by atoms with Crippen LogP contribution in [0.1, 0.15) is 44.9 Å². The second-order valence-electron chi connectivity index (χ2n) is 8.72. The van der Waals surface area contributed by atoms with E-state index in [0.717, 1.165) is 5.56 Å². The van der Waals surface area contributed by atoms with Crippen molar-refractivity contribution < 1.29 is 23.8 Å². The van der Waals surface area contributed by atoms with Crippen molar-refractivity contribution in [2.45, 2.75) is 39.8 Å². The molecule has 0 fully saturated rings. The molecule has 1 aliphatic rings. The van der Waals surface area contributed by atoms with Crippen LogP contribution < -0.4 is 19.6 Å². The quantitative estimate of drug-likeness (QED) is 0.393. The molecule has 0 amide bonds. The lowest BCUT2D eigenvalue weighted by atomic mass is 9.96. The molecule has 1 unspecified atom stereocenters. The van der Waals surface area contributed by atoms with E-state index < -0.39 is 18.0 Å². The fraction of sp³-hybridized carbons (Fsp3) is 0.286. The second-order valence-corrected chi connectivity index (χ2v) is 10.1. The van der Waals surface area contributed by atoms with E-state index in [1.807, 2.05) is 6.07 Å². The highest BCUT2D eigenvalue weighted by atomic mass is 35.5. The van der Waals surface area contributed by atoms with Gasteiger partial charge in [0.1, 0.15) is 11.8 Å². The molecule has 0 saturated heterocycles. The van der Waals surface area contributed by atoms with Gasteiger partial charge in [0.15, 0.2) is 11.4 Å². The Morgan fingerprint density at radius 3 is 2.53 bits per heavy atom. The van der Waals surface area contributed by atoms with Gasteiger partial charge >= 0.3 is 11.9 Å². The van der Waals surface area contributed by atoms with Crippen LogP contribution in [0.25, 0.3) is 6.08 Å². The molecule has 3 aromatic rings. The fourth-order valence-electron chi connectivity index (χ4n) is 4.01. The minimum Gasteiger partial charge on any atom is -0.482 e. The van der Waals surface area contributed by atoms with Crippen molar-refractivity contribution in [1.82, 2.24) is 4.57 Å². The van der Waals surface area contributed by atoms with E-state index in [0.29, 0.717) is 31.4 Å². The van der Waals surface area contributed by atoms with Gasteiger partial charge in [0.05, 0.1) is 28.5 Å². The van der Waals surface area contributed by atoms with Crippen molar-refractivity contribution in [2.75, 3.05) is 13.2 Å². The standard InChI is InChI=1S/C28H27ClN2O6S/c1-5-35-23(32)15-36-19-12-10-18(11-13-19)14-22-26(33)31-25(20-8-6-7-9-21(20)29)24(27(34)37-16(2)3)17(4)30-28(31)38-22/h6-14,16,25H,5,15H2,1-4H3. The summed E-state index contributed by atoms with van der Waals surface area (Å²) in [5, 5.41) is 0.426. The molecule has 0 bridgehead atoms. The molecule has 2 heterocycles. The van der Waals surface area contributed by atoms with Crippen molar-refractivity contribution >= 4 is 41.0 Å².